The molecule has 0 spiro atoms. The van der Waals surface area contributed by atoms with Gasteiger partial charge in [0, 0.05) is 37.8 Å². The van der Waals surface area contributed by atoms with Gasteiger partial charge in [-0.3, -0.25) is 24.3 Å². The molecule has 0 aliphatic carbocycles. The number of aromatic nitrogens is 1. The molecule has 33 heavy (non-hydrogen) atoms. The third-order valence-corrected chi connectivity index (χ3v) is 7.29. The van der Waals surface area contributed by atoms with Crippen LogP contribution in [0.3, 0.4) is 0 Å². The van der Waals surface area contributed by atoms with Crippen LogP contribution < -0.4 is 4.90 Å². The molecule has 1 atom stereocenters. The van der Waals surface area contributed by atoms with Crippen molar-refractivity contribution < 1.29 is 14.4 Å². The molecule has 0 radical (unpaired) electrons. The first-order valence-electron chi connectivity index (χ1n) is 12.0. The minimum atomic E-state index is -0.272. The number of imide groups is 1. The molecule has 0 N–H and O–H groups in total. The van der Waals surface area contributed by atoms with Gasteiger partial charge < -0.3 is 9.80 Å². The number of nitrogens with zero attached hydrogens (tertiary/aromatic N) is 4. The van der Waals surface area contributed by atoms with Crippen LogP contribution in [0.2, 0.25) is 0 Å². The summed E-state index contributed by atoms with van der Waals surface area (Å²) in [5.74, 6) is -0.215. The average molecular weight is 447 g/mol. The highest BCUT2D eigenvalue weighted by Gasteiger charge is 2.39. The maximum absolute atomic E-state index is 13.3. The molecule has 0 bridgehead atoms. The largest absolute Gasteiger partial charge is 0.371 e. The zero-order chi connectivity index (χ0) is 22.9. The smallest absolute Gasteiger partial charge is 0.264 e. The summed E-state index contributed by atoms with van der Waals surface area (Å²) >= 11 is 0. The number of anilines is 1. The van der Waals surface area contributed by atoms with Crippen molar-refractivity contribution in [3.05, 3.63) is 59.4 Å². The zero-order valence-electron chi connectivity index (χ0n) is 19.1. The number of benzene rings is 1. The quantitative estimate of drug-likeness (QED) is 0.672. The number of carbonyl (C=O) groups excluding carboxylic acids is 3. The molecule has 2 aromatic rings. The predicted octanol–water partition coefficient (Wildman–Crippen LogP) is 3.50. The molecule has 1 aromatic carbocycles. The van der Waals surface area contributed by atoms with Gasteiger partial charge in [-0.05, 0) is 63.3 Å². The minimum absolute atomic E-state index is 0.0385. The number of hydrogen-bond donors (Lipinski definition) is 0. The first-order valence-corrected chi connectivity index (χ1v) is 12.0. The van der Waals surface area contributed by atoms with Crippen molar-refractivity contribution in [2.45, 2.75) is 51.6 Å². The number of pyridine rings is 1. The van der Waals surface area contributed by atoms with Crippen molar-refractivity contribution in [2.24, 2.45) is 5.92 Å². The Morgan fingerprint density at radius 2 is 1.79 bits per heavy atom. The summed E-state index contributed by atoms with van der Waals surface area (Å²) < 4.78 is 0. The monoisotopic (exact) mass is 446 g/mol. The number of piperidine rings is 2. The highest BCUT2D eigenvalue weighted by atomic mass is 16.2. The lowest BCUT2D eigenvalue weighted by molar-refractivity contribution is -0.139. The van der Waals surface area contributed by atoms with E-state index in [4.69, 9.17) is 0 Å². The van der Waals surface area contributed by atoms with Gasteiger partial charge in [-0.25, -0.2) is 0 Å². The summed E-state index contributed by atoms with van der Waals surface area (Å²) in [4.78, 5) is 49.2. The molecule has 4 heterocycles. The molecule has 5 rings (SSSR count). The molecule has 1 unspecified atom stereocenters. The first-order chi connectivity index (χ1) is 16.0. The summed E-state index contributed by atoms with van der Waals surface area (Å²) in [6.07, 6.45) is 6.58. The Morgan fingerprint density at radius 1 is 0.970 bits per heavy atom. The Kier molecular flexibility index (Phi) is 5.87. The highest BCUT2D eigenvalue weighted by Crippen LogP contribution is 2.35. The molecule has 3 aliphatic rings. The van der Waals surface area contributed by atoms with Crippen LogP contribution in [0, 0.1) is 5.92 Å². The number of hydrogen-bond acceptors (Lipinski definition) is 5. The number of fused-ring (bicyclic) bond motifs is 1. The second-order valence-electron chi connectivity index (χ2n) is 9.35. The van der Waals surface area contributed by atoms with Crippen molar-refractivity contribution >= 4 is 23.4 Å². The number of likely N-dealkylation sites (tertiary alicyclic amines) is 1. The molecule has 7 nitrogen and oxygen atoms in total. The Bertz CT molecular complexity index is 1060. The van der Waals surface area contributed by atoms with Crippen molar-refractivity contribution in [2.75, 3.05) is 24.5 Å². The van der Waals surface area contributed by atoms with Crippen LogP contribution in [0.1, 0.15) is 65.4 Å². The van der Waals surface area contributed by atoms with Crippen molar-refractivity contribution in [1.82, 2.24) is 14.8 Å². The summed E-state index contributed by atoms with van der Waals surface area (Å²) in [6.45, 7) is 4.60. The van der Waals surface area contributed by atoms with E-state index in [9.17, 15) is 14.4 Å². The zero-order valence-corrected chi connectivity index (χ0v) is 19.1. The lowest BCUT2D eigenvalue weighted by Gasteiger charge is -2.39. The van der Waals surface area contributed by atoms with Crippen molar-refractivity contribution in [3.8, 4) is 0 Å². The van der Waals surface area contributed by atoms with Gasteiger partial charge in [0.15, 0.2) is 0 Å². The van der Waals surface area contributed by atoms with Crippen LogP contribution in [0.4, 0.5) is 5.69 Å². The number of amides is 3. The third-order valence-electron chi connectivity index (χ3n) is 7.29. The summed E-state index contributed by atoms with van der Waals surface area (Å²) in [5.41, 5.74) is 2.41. The highest BCUT2D eigenvalue weighted by molar-refractivity contribution is 6.23. The predicted molar refractivity (Wildman–Crippen MR) is 125 cm³/mol. The van der Waals surface area contributed by atoms with Crippen LogP contribution in [0.5, 0.6) is 0 Å². The fourth-order valence-electron chi connectivity index (χ4n) is 5.40. The van der Waals surface area contributed by atoms with Crippen LogP contribution in [0.15, 0.2) is 42.6 Å². The van der Waals surface area contributed by atoms with Gasteiger partial charge in [0.2, 0.25) is 5.91 Å². The standard InChI is InChI=1S/C26H30N4O3/c1-18-7-3-5-14-29(18)24(31)19-11-15-28(16-12-19)22-10-6-9-21-23(22)26(33)30(25(21)32)17-20-8-2-4-13-27-20/h2,4,6,8-10,13,18-19H,3,5,7,11-12,14-17H2,1H3. The maximum Gasteiger partial charge on any atom is 0.264 e. The minimum Gasteiger partial charge on any atom is -0.371 e. The van der Waals surface area contributed by atoms with E-state index in [0.29, 0.717) is 36.0 Å². The second kappa shape index (κ2) is 8.96. The summed E-state index contributed by atoms with van der Waals surface area (Å²) in [6, 6.07) is 11.3. The molecule has 2 saturated heterocycles. The first kappa shape index (κ1) is 21.6. The van der Waals surface area contributed by atoms with Crippen molar-refractivity contribution in [3.63, 3.8) is 0 Å². The third kappa shape index (κ3) is 4.01. The fraction of sp³-hybridized carbons (Fsp3) is 0.462. The lowest BCUT2D eigenvalue weighted by atomic mass is 9.92. The molecular weight excluding hydrogens is 416 g/mol. The van der Waals surface area contributed by atoms with E-state index in [0.717, 1.165) is 37.9 Å². The van der Waals surface area contributed by atoms with E-state index in [1.807, 2.05) is 30.3 Å². The van der Waals surface area contributed by atoms with E-state index >= 15 is 0 Å². The molecule has 2 fully saturated rings. The molecule has 3 aliphatic heterocycles. The van der Waals surface area contributed by atoms with Gasteiger partial charge in [-0.2, -0.15) is 0 Å². The van der Waals surface area contributed by atoms with E-state index in [2.05, 4.69) is 21.7 Å². The molecule has 172 valence electrons. The van der Waals surface area contributed by atoms with E-state index in [1.54, 1.807) is 12.3 Å². The average Bonchev–Trinajstić information content (AvgIpc) is 3.10. The molecule has 7 heteroatoms. The van der Waals surface area contributed by atoms with Crippen LogP contribution in [-0.4, -0.2) is 58.2 Å². The number of carbonyl (C=O) groups is 3. The summed E-state index contributed by atoms with van der Waals surface area (Å²) in [7, 11) is 0. The Morgan fingerprint density at radius 3 is 2.52 bits per heavy atom. The SMILES string of the molecule is CC1CCCCN1C(=O)C1CCN(c2cccc3c2C(=O)N(Cc2ccccn2)C3=O)CC1. The van der Waals surface area contributed by atoms with Gasteiger partial charge in [0.25, 0.3) is 11.8 Å². The van der Waals surface area contributed by atoms with Gasteiger partial charge in [0.05, 0.1) is 29.1 Å². The summed E-state index contributed by atoms with van der Waals surface area (Å²) in [5, 5.41) is 0. The Labute approximate surface area is 194 Å². The normalized spacial score (nSPS) is 21.5. The Hall–Kier alpha value is -3.22. The fourth-order valence-corrected chi connectivity index (χ4v) is 5.40. The van der Waals surface area contributed by atoms with Crippen LogP contribution >= 0.6 is 0 Å². The second-order valence-corrected chi connectivity index (χ2v) is 9.35. The van der Waals surface area contributed by atoms with Gasteiger partial charge in [-0.1, -0.05) is 12.1 Å². The topological polar surface area (TPSA) is 73.8 Å². The van der Waals surface area contributed by atoms with E-state index in [1.165, 1.54) is 11.3 Å². The van der Waals surface area contributed by atoms with E-state index in [-0.39, 0.29) is 30.2 Å². The number of rotatable bonds is 4. The molecule has 3 amide bonds. The molecular formula is C26H30N4O3. The molecule has 0 saturated carbocycles. The van der Waals surface area contributed by atoms with Gasteiger partial charge >= 0.3 is 0 Å². The van der Waals surface area contributed by atoms with Crippen molar-refractivity contribution in [1.29, 1.82) is 0 Å². The van der Waals surface area contributed by atoms with Crippen LogP contribution in [-0.2, 0) is 11.3 Å². The van der Waals surface area contributed by atoms with Gasteiger partial charge in [-0.15, -0.1) is 0 Å². The van der Waals surface area contributed by atoms with Crippen LogP contribution in [0.25, 0.3) is 0 Å². The maximum atomic E-state index is 13.3. The van der Waals surface area contributed by atoms with E-state index < -0.39 is 0 Å². The van der Waals surface area contributed by atoms with Gasteiger partial charge in [0.1, 0.15) is 0 Å². The Balaban J connectivity index is 1.30. The lowest BCUT2D eigenvalue weighted by Crippen LogP contribution is -2.48. The molecule has 1 aromatic heterocycles.